The molecule has 2 aromatic carbocycles. The average Bonchev–Trinajstić information content (AvgIpc) is 3.16. The molecule has 1 fully saturated rings. The minimum atomic E-state index is -0.489. The number of rotatable bonds is 3. The third-order valence-electron chi connectivity index (χ3n) is 5.39. The van der Waals surface area contributed by atoms with Crippen LogP contribution in [0.3, 0.4) is 0 Å². The quantitative estimate of drug-likeness (QED) is 0.707. The maximum Gasteiger partial charge on any atom is 0.338 e. The smallest absolute Gasteiger partial charge is 0.338 e. The standard InChI is InChI=1S/C22H23N3O3/c1-14-7-8-18-19(13-14)24-20(23-18)15-9-11-25(12-10-15)21(26)16-5-3-4-6-17(16)22(27)28-2/h3-8,13,15H,9-12H2,1-2H3,(H,23,24). The van der Waals surface area contributed by atoms with Crippen molar-refractivity contribution in [2.45, 2.75) is 25.7 Å². The number of hydrogen-bond acceptors (Lipinski definition) is 4. The molecule has 0 unspecified atom stereocenters. The van der Waals surface area contributed by atoms with Crippen LogP contribution in [0.2, 0.25) is 0 Å². The summed E-state index contributed by atoms with van der Waals surface area (Å²) in [5.41, 5.74) is 3.94. The minimum absolute atomic E-state index is 0.125. The van der Waals surface area contributed by atoms with Gasteiger partial charge in [0.2, 0.25) is 0 Å². The van der Waals surface area contributed by atoms with Crippen LogP contribution in [0.4, 0.5) is 0 Å². The lowest BCUT2D eigenvalue weighted by Crippen LogP contribution is -2.38. The van der Waals surface area contributed by atoms with Gasteiger partial charge in [-0.2, -0.15) is 0 Å². The zero-order valence-electron chi connectivity index (χ0n) is 16.1. The minimum Gasteiger partial charge on any atom is -0.465 e. The molecule has 4 rings (SSSR count). The summed E-state index contributed by atoms with van der Waals surface area (Å²) < 4.78 is 4.80. The molecule has 2 heterocycles. The van der Waals surface area contributed by atoms with Crippen molar-refractivity contribution >= 4 is 22.9 Å². The molecule has 0 saturated carbocycles. The van der Waals surface area contributed by atoms with E-state index in [1.807, 2.05) is 11.0 Å². The fourth-order valence-electron chi connectivity index (χ4n) is 3.82. The molecule has 0 atom stereocenters. The highest BCUT2D eigenvalue weighted by Crippen LogP contribution is 2.29. The number of methoxy groups -OCH3 is 1. The second-order valence-electron chi connectivity index (χ2n) is 7.25. The molecule has 1 aromatic heterocycles. The summed E-state index contributed by atoms with van der Waals surface area (Å²) in [5, 5.41) is 0. The number of piperidine rings is 1. The van der Waals surface area contributed by atoms with Gasteiger partial charge in [0, 0.05) is 19.0 Å². The van der Waals surface area contributed by atoms with E-state index in [0.717, 1.165) is 29.7 Å². The Hall–Kier alpha value is -3.15. The second kappa shape index (κ2) is 7.46. The molecule has 144 valence electrons. The van der Waals surface area contributed by atoms with Crippen molar-refractivity contribution in [1.82, 2.24) is 14.9 Å². The van der Waals surface area contributed by atoms with Gasteiger partial charge in [-0.3, -0.25) is 4.79 Å². The number of H-pyrrole nitrogens is 1. The highest BCUT2D eigenvalue weighted by Gasteiger charge is 2.28. The third kappa shape index (κ3) is 3.38. The fraction of sp³-hybridized carbons (Fsp3) is 0.318. The van der Waals surface area contributed by atoms with E-state index in [1.165, 1.54) is 12.7 Å². The van der Waals surface area contributed by atoms with Crippen molar-refractivity contribution in [1.29, 1.82) is 0 Å². The number of aromatic amines is 1. The van der Waals surface area contributed by atoms with Gasteiger partial charge in [-0.1, -0.05) is 18.2 Å². The number of fused-ring (bicyclic) bond motifs is 1. The molecule has 1 amide bonds. The van der Waals surface area contributed by atoms with Crippen LogP contribution in [0.15, 0.2) is 42.5 Å². The number of ether oxygens (including phenoxy) is 1. The number of nitrogens with zero attached hydrogens (tertiary/aromatic N) is 2. The van der Waals surface area contributed by atoms with Gasteiger partial charge in [0.25, 0.3) is 5.91 Å². The van der Waals surface area contributed by atoms with Crippen molar-refractivity contribution in [2.75, 3.05) is 20.2 Å². The number of aromatic nitrogens is 2. The molecule has 1 saturated heterocycles. The number of imidazole rings is 1. The molecule has 6 nitrogen and oxygen atoms in total. The Morgan fingerprint density at radius 2 is 1.82 bits per heavy atom. The van der Waals surface area contributed by atoms with E-state index in [4.69, 9.17) is 9.72 Å². The summed E-state index contributed by atoms with van der Waals surface area (Å²) in [5.74, 6) is 0.673. The monoisotopic (exact) mass is 377 g/mol. The predicted molar refractivity (Wildman–Crippen MR) is 106 cm³/mol. The molecular weight excluding hydrogens is 354 g/mol. The van der Waals surface area contributed by atoms with Crippen molar-refractivity contribution in [3.05, 3.63) is 65.0 Å². The van der Waals surface area contributed by atoms with Gasteiger partial charge in [-0.25, -0.2) is 9.78 Å². The topological polar surface area (TPSA) is 75.3 Å². The molecule has 1 N–H and O–H groups in total. The fourth-order valence-corrected chi connectivity index (χ4v) is 3.82. The van der Waals surface area contributed by atoms with E-state index in [0.29, 0.717) is 30.1 Å². The number of benzene rings is 2. The van der Waals surface area contributed by atoms with Crippen LogP contribution in [-0.4, -0.2) is 46.9 Å². The Kier molecular flexibility index (Phi) is 4.86. The maximum absolute atomic E-state index is 13.0. The van der Waals surface area contributed by atoms with Gasteiger partial charge in [-0.05, 0) is 49.6 Å². The second-order valence-corrected chi connectivity index (χ2v) is 7.25. The van der Waals surface area contributed by atoms with Crippen molar-refractivity contribution in [3.63, 3.8) is 0 Å². The van der Waals surface area contributed by atoms with Gasteiger partial charge in [0.05, 0.1) is 29.3 Å². The van der Waals surface area contributed by atoms with Gasteiger partial charge >= 0.3 is 5.97 Å². The lowest BCUT2D eigenvalue weighted by molar-refractivity contribution is 0.0586. The number of carbonyl (C=O) groups is 2. The SMILES string of the molecule is COC(=O)c1ccccc1C(=O)N1CCC(c2nc3ccc(C)cc3[nH]2)CC1. The largest absolute Gasteiger partial charge is 0.465 e. The average molecular weight is 377 g/mol. The number of esters is 1. The van der Waals surface area contributed by atoms with Crippen molar-refractivity contribution in [2.24, 2.45) is 0 Å². The normalized spacial score (nSPS) is 15.0. The first-order valence-corrected chi connectivity index (χ1v) is 9.49. The Morgan fingerprint density at radius 3 is 2.54 bits per heavy atom. The number of carbonyl (C=O) groups excluding carboxylic acids is 2. The highest BCUT2D eigenvalue weighted by atomic mass is 16.5. The van der Waals surface area contributed by atoms with Crippen molar-refractivity contribution < 1.29 is 14.3 Å². The molecular formula is C22H23N3O3. The van der Waals surface area contributed by atoms with Gasteiger partial charge in [0.15, 0.2) is 0 Å². The number of aryl methyl sites for hydroxylation is 1. The number of nitrogens with one attached hydrogen (secondary N) is 1. The zero-order valence-corrected chi connectivity index (χ0v) is 16.1. The summed E-state index contributed by atoms with van der Waals surface area (Å²) in [7, 11) is 1.32. The van der Waals surface area contributed by atoms with Gasteiger partial charge in [0.1, 0.15) is 5.82 Å². The first kappa shape index (κ1) is 18.2. The first-order valence-electron chi connectivity index (χ1n) is 9.49. The van der Waals surface area contributed by atoms with E-state index in [1.54, 1.807) is 24.3 Å². The molecule has 0 spiro atoms. The molecule has 1 aliphatic rings. The summed E-state index contributed by atoms with van der Waals surface area (Å²) in [6, 6.07) is 13.0. The number of likely N-dealkylation sites (tertiary alicyclic amines) is 1. The summed E-state index contributed by atoms with van der Waals surface area (Å²) >= 11 is 0. The van der Waals surface area contributed by atoms with E-state index in [9.17, 15) is 9.59 Å². The van der Waals surface area contributed by atoms with E-state index >= 15 is 0 Å². The summed E-state index contributed by atoms with van der Waals surface area (Å²) in [6.45, 7) is 3.33. The van der Waals surface area contributed by atoms with Crippen LogP contribution < -0.4 is 0 Å². The molecule has 6 heteroatoms. The van der Waals surface area contributed by atoms with E-state index < -0.39 is 5.97 Å². The van der Waals surface area contributed by atoms with Gasteiger partial charge < -0.3 is 14.6 Å². The zero-order chi connectivity index (χ0) is 19.7. The lowest BCUT2D eigenvalue weighted by Gasteiger charge is -2.31. The molecule has 3 aromatic rings. The van der Waals surface area contributed by atoms with Crippen LogP contribution in [0.5, 0.6) is 0 Å². The Labute approximate surface area is 163 Å². The van der Waals surface area contributed by atoms with Gasteiger partial charge in [-0.15, -0.1) is 0 Å². The Balaban J connectivity index is 1.48. The molecule has 0 bridgehead atoms. The van der Waals surface area contributed by atoms with Crippen LogP contribution in [0, 0.1) is 6.92 Å². The van der Waals surface area contributed by atoms with Crippen LogP contribution in [-0.2, 0) is 4.74 Å². The van der Waals surface area contributed by atoms with E-state index in [-0.39, 0.29) is 5.91 Å². The number of hydrogen-bond donors (Lipinski definition) is 1. The Bertz CT molecular complexity index is 1030. The van der Waals surface area contributed by atoms with Crippen LogP contribution in [0.1, 0.15) is 50.9 Å². The van der Waals surface area contributed by atoms with Crippen LogP contribution in [0.25, 0.3) is 11.0 Å². The number of amides is 1. The molecule has 0 radical (unpaired) electrons. The highest BCUT2D eigenvalue weighted by molar-refractivity contribution is 6.05. The van der Waals surface area contributed by atoms with Crippen molar-refractivity contribution in [3.8, 4) is 0 Å². The summed E-state index contributed by atoms with van der Waals surface area (Å²) in [4.78, 5) is 34.9. The maximum atomic E-state index is 13.0. The van der Waals surface area contributed by atoms with Crippen LogP contribution >= 0.6 is 0 Å². The lowest BCUT2D eigenvalue weighted by atomic mass is 9.95. The Morgan fingerprint density at radius 1 is 1.11 bits per heavy atom. The third-order valence-corrected chi connectivity index (χ3v) is 5.39. The first-order chi connectivity index (χ1) is 13.6. The summed E-state index contributed by atoms with van der Waals surface area (Å²) in [6.07, 6.45) is 1.68. The molecule has 1 aliphatic heterocycles. The molecule has 0 aliphatic carbocycles. The molecule has 28 heavy (non-hydrogen) atoms. The van der Waals surface area contributed by atoms with E-state index in [2.05, 4.69) is 24.0 Å². The predicted octanol–water partition coefficient (Wildman–Crippen LogP) is 3.68.